The van der Waals surface area contributed by atoms with Crippen molar-refractivity contribution in [1.82, 2.24) is 10.1 Å². The van der Waals surface area contributed by atoms with Gasteiger partial charge in [0.2, 0.25) is 5.82 Å². The van der Waals surface area contributed by atoms with Crippen LogP contribution in [0.3, 0.4) is 0 Å². The molecular formula is C19H17FN2O3. The van der Waals surface area contributed by atoms with Crippen LogP contribution in [-0.4, -0.2) is 21.2 Å². The van der Waals surface area contributed by atoms with Gasteiger partial charge in [0.25, 0.3) is 5.89 Å². The van der Waals surface area contributed by atoms with Crippen molar-refractivity contribution in [3.8, 4) is 22.8 Å². The van der Waals surface area contributed by atoms with Gasteiger partial charge in [-0.25, -0.2) is 9.18 Å². The van der Waals surface area contributed by atoms with Crippen LogP contribution in [0, 0.1) is 33.5 Å². The highest BCUT2D eigenvalue weighted by molar-refractivity contribution is 5.94. The van der Waals surface area contributed by atoms with Crippen LogP contribution in [0.25, 0.3) is 22.8 Å². The average Bonchev–Trinajstić information content (AvgIpc) is 3.02. The first-order chi connectivity index (χ1) is 11.8. The lowest BCUT2D eigenvalue weighted by Gasteiger charge is -2.16. The summed E-state index contributed by atoms with van der Waals surface area (Å²) in [6, 6.07) is 6.12. The van der Waals surface area contributed by atoms with Gasteiger partial charge in [0.1, 0.15) is 5.82 Å². The number of hydrogen-bond donors (Lipinski definition) is 1. The summed E-state index contributed by atoms with van der Waals surface area (Å²) in [6.45, 7) is 7.24. The van der Waals surface area contributed by atoms with Crippen molar-refractivity contribution in [2.75, 3.05) is 0 Å². The maximum atomic E-state index is 13.9. The molecule has 0 aliphatic rings. The van der Waals surface area contributed by atoms with Gasteiger partial charge in [-0.15, -0.1) is 0 Å². The third-order valence-electron chi connectivity index (χ3n) is 4.59. The minimum absolute atomic E-state index is 0.0574. The first-order valence-corrected chi connectivity index (χ1v) is 7.75. The average molecular weight is 340 g/mol. The van der Waals surface area contributed by atoms with E-state index in [1.165, 1.54) is 6.07 Å². The first kappa shape index (κ1) is 16.8. The molecule has 0 fully saturated rings. The Morgan fingerprint density at radius 3 is 2.36 bits per heavy atom. The zero-order valence-electron chi connectivity index (χ0n) is 14.3. The second-order valence-corrected chi connectivity index (χ2v) is 5.96. The topological polar surface area (TPSA) is 76.2 Å². The van der Waals surface area contributed by atoms with Gasteiger partial charge in [-0.2, -0.15) is 4.98 Å². The van der Waals surface area contributed by atoms with Gasteiger partial charge >= 0.3 is 5.97 Å². The molecule has 3 rings (SSSR count). The monoisotopic (exact) mass is 340 g/mol. The number of halogens is 1. The van der Waals surface area contributed by atoms with E-state index >= 15 is 0 Å². The van der Waals surface area contributed by atoms with Crippen LogP contribution in [0.15, 0.2) is 28.8 Å². The van der Waals surface area contributed by atoms with E-state index in [1.807, 2.05) is 13.8 Å². The minimum atomic E-state index is -1.00. The summed E-state index contributed by atoms with van der Waals surface area (Å²) >= 11 is 0. The minimum Gasteiger partial charge on any atom is -0.478 e. The van der Waals surface area contributed by atoms with Crippen LogP contribution in [0.4, 0.5) is 4.39 Å². The smallest absolute Gasteiger partial charge is 0.336 e. The quantitative estimate of drug-likeness (QED) is 0.761. The molecular weight excluding hydrogens is 323 g/mol. The van der Waals surface area contributed by atoms with Crippen LogP contribution in [0.5, 0.6) is 0 Å². The molecule has 1 N–H and O–H groups in total. The highest BCUT2D eigenvalue weighted by Gasteiger charge is 2.23. The van der Waals surface area contributed by atoms with Crippen LogP contribution >= 0.6 is 0 Å². The Morgan fingerprint density at radius 2 is 1.72 bits per heavy atom. The second-order valence-electron chi connectivity index (χ2n) is 5.96. The Kier molecular flexibility index (Phi) is 4.12. The summed E-state index contributed by atoms with van der Waals surface area (Å²) in [4.78, 5) is 15.9. The molecule has 1 aromatic heterocycles. The number of carbonyl (C=O) groups is 1. The molecule has 2 aromatic carbocycles. The van der Waals surface area contributed by atoms with E-state index in [2.05, 4.69) is 10.1 Å². The molecule has 0 spiro atoms. The predicted molar refractivity (Wildman–Crippen MR) is 91.0 cm³/mol. The highest BCUT2D eigenvalue weighted by atomic mass is 19.1. The van der Waals surface area contributed by atoms with E-state index in [1.54, 1.807) is 32.0 Å². The second kappa shape index (κ2) is 6.12. The van der Waals surface area contributed by atoms with Crippen LogP contribution in [0.2, 0.25) is 0 Å². The number of carboxylic acids is 1. The maximum absolute atomic E-state index is 13.9. The Morgan fingerprint density at radius 1 is 1.04 bits per heavy atom. The number of aromatic nitrogens is 2. The lowest BCUT2D eigenvalue weighted by molar-refractivity contribution is 0.0695. The molecule has 0 atom stereocenters. The van der Waals surface area contributed by atoms with Gasteiger partial charge in [0, 0.05) is 5.56 Å². The predicted octanol–water partition coefficient (Wildman–Crippen LogP) is 4.47. The molecule has 0 bridgehead atoms. The van der Waals surface area contributed by atoms with Crippen molar-refractivity contribution in [2.45, 2.75) is 27.7 Å². The molecule has 3 aromatic rings. The number of carboxylic acid groups (broad SMARTS) is 1. The van der Waals surface area contributed by atoms with Gasteiger partial charge in [-0.1, -0.05) is 17.3 Å². The summed E-state index contributed by atoms with van der Waals surface area (Å²) in [5.41, 5.74) is 4.05. The van der Waals surface area contributed by atoms with Crippen molar-refractivity contribution in [3.63, 3.8) is 0 Å². The number of nitrogens with zero attached hydrogens (tertiary/aromatic N) is 2. The summed E-state index contributed by atoms with van der Waals surface area (Å²) in [5.74, 6) is -1.16. The molecule has 1 heterocycles. The summed E-state index contributed by atoms with van der Waals surface area (Å²) in [6.07, 6.45) is 0. The van der Waals surface area contributed by atoms with Crippen molar-refractivity contribution in [2.24, 2.45) is 0 Å². The highest BCUT2D eigenvalue weighted by Crippen LogP contribution is 2.34. The Balaban J connectivity index is 2.22. The van der Waals surface area contributed by atoms with Crippen LogP contribution < -0.4 is 0 Å². The molecule has 0 amide bonds. The number of benzene rings is 2. The molecule has 6 heteroatoms. The lowest BCUT2D eigenvalue weighted by atomic mass is 9.88. The molecule has 5 nitrogen and oxygen atoms in total. The van der Waals surface area contributed by atoms with Gasteiger partial charge < -0.3 is 9.63 Å². The molecule has 0 aliphatic heterocycles. The van der Waals surface area contributed by atoms with Crippen molar-refractivity contribution in [1.29, 1.82) is 0 Å². The molecule has 0 radical (unpaired) electrons. The Bertz CT molecular complexity index is 993. The maximum Gasteiger partial charge on any atom is 0.336 e. The fourth-order valence-electron chi connectivity index (χ4n) is 3.07. The molecule has 0 unspecified atom stereocenters. The van der Waals surface area contributed by atoms with Gasteiger partial charge in [-0.05, 0) is 62.1 Å². The molecule has 0 aliphatic carbocycles. The fraction of sp³-hybridized carbons (Fsp3) is 0.211. The molecule has 0 saturated heterocycles. The van der Waals surface area contributed by atoms with Crippen LogP contribution in [-0.2, 0) is 0 Å². The van der Waals surface area contributed by atoms with Crippen molar-refractivity contribution in [3.05, 3.63) is 57.9 Å². The van der Waals surface area contributed by atoms with Gasteiger partial charge in [0.15, 0.2) is 0 Å². The Hall–Kier alpha value is -3.02. The molecule has 0 saturated carbocycles. The molecule has 25 heavy (non-hydrogen) atoms. The van der Waals surface area contributed by atoms with E-state index in [-0.39, 0.29) is 22.8 Å². The van der Waals surface area contributed by atoms with Gasteiger partial charge in [-0.3, -0.25) is 0 Å². The standard InChI is InChI=1S/C19H17FN2O3/c1-9-10(2)15(12(4)16(11(9)3)19(23)24)17-21-18(25-22-17)13-7-5-6-8-14(13)20/h5-8H,1-4H3,(H,23,24). The Labute approximate surface area is 144 Å². The first-order valence-electron chi connectivity index (χ1n) is 7.75. The van der Waals surface area contributed by atoms with Gasteiger partial charge in [0.05, 0.1) is 11.1 Å². The van der Waals surface area contributed by atoms with Crippen LogP contribution in [0.1, 0.15) is 32.6 Å². The number of rotatable bonds is 3. The third kappa shape index (κ3) is 2.69. The SMILES string of the molecule is Cc1c(C)c(C(=O)O)c(C)c(-c2noc(-c3ccccc3F)n2)c1C. The third-order valence-corrected chi connectivity index (χ3v) is 4.59. The zero-order chi connectivity index (χ0) is 18.3. The van der Waals surface area contributed by atoms with E-state index in [0.717, 1.165) is 11.1 Å². The van der Waals surface area contributed by atoms with Crippen molar-refractivity contribution >= 4 is 5.97 Å². The summed E-state index contributed by atoms with van der Waals surface area (Å²) in [5, 5.41) is 13.5. The van der Waals surface area contributed by atoms with E-state index in [0.29, 0.717) is 16.7 Å². The van der Waals surface area contributed by atoms with E-state index < -0.39 is 11.8 Å². The summed E-state index contributed by atoms with van der Waals surface area (Å²) in [7, 11) is 0. The summed E-state index contributed by atoms with van der Waals surface area (Å²) < 4.78 is 19.1. The number of hydrogen-bond acceptors (Lipinski definition) is 4. The van der Waals surface area contributed by atoms with E-state index in [4.69, 9.17) is 4.52 Å². The zero-order valence-corrected chi connectivity index (χ0v) is 14.3. The normalized spacial score (nSPS) is 10.9. The largest absolute Gasteiger partial charge is 0.478 e. The number of aromatic carboxylic acids is 1. The van der Waals surface area contributed by atoms with Crippen molar-refractivity contribution < 1.29 is 18.8 Å². The fourth-order valence-corrected chi connectivity index (χ4v) is 3.07. The van der Waals surface area contributed by atoms with E-state index in [9.17, 15) is 14.3 Å². The molecule has 128 valence electrons. The lowest BCUT2D eigenvalue weighted by Crippen LogP contribution is -2.09.